The summed E-state index contributed by atoms with van der Waals surface area (Å²) in [7, 11) is 0. The van der Waals surface area contributed by atoms with Crippen LogP contribution in [0.4, 0.5) is 4.39 Å². The van der Waals surface area contributed by atoms with Crippen LogP contribution in [-0.2, 0) is 35.1 Å². The molecule has 0 spiro atoms. The second kappa shape index (κ2) is 11.2. The number of carbonyl (C=O) groups is 4. The van der Waals surface area contributed by atoms with Gasteiger partial charge in [0.05, 0.1) is 25.0 Å². The third-order valence-electron chi connectivity index (χ3n) is 5.98. The van der Waals surface area contributed by atoms with E-state index in [1.54, 1.807) is 13.0 Å². The first kappa shape index (κ1) is 24.6. The fourth-order valence-corrected chi connectivity index (χ4v) is 4.16. The lowest BCUT2D eigenvalue weighted by Crippen LogP contribution is -2.45. The molecule has 33 heavy (non-hydrogen) atoms. The molecule has 2 aliphatic rings. The highest BCUT2D eigenvalue weighted by Gasteiger charge is 2.40. The van der Waals surface area contributed by atoms with Crippen molar-refractivity contribution in [2.45, 2.75) is 44.8 Å². The zero-order valence-electron chi connectivity index (χ0n) is 18.6. The van der Waals surface area contributed by atoms with Gasteiger partial charge in [-0.2, -0.15) is 0 Å². The fourth-order valence-electron chi connectivity index (χ4n) is 4.16. The van der Waals surface area contributed by atoms with Crippen molar-refractivity contribution >= 4 is 23.8 Å². The molecule has 0 saturated carbocycles. The minimum absolute atomic E-state index is 0.0129. The Bertz CT molecular complexity index is 885. The van der Waals surface area contributed by atoms with Crippen LogP contribution in [0.2, 0.25) is 0 Å². The van der Waals surface area contributed by atoms with Gasteiger partial charge in [-0.3, -0.25) is 14.4 Å². The first-order valence-electron chi connectivity index (χ1n) is 11.1. The quantitative estimate of drug-likeness (QED) is 0.590. The van der Waals surface area contributed by atoms with Gasteiger partial charge < -0.3 is 24.4 Å². The molecule has 2 saturated heterocycles. The molecule has 2 aliphatic heterocycles. The van der Waals surface area contributed by atoms with Gasteiger partial charge in [0.25, 0.3) is 5.91 Å². The van der Waals surface area contributed by atoms with Crippen LogP contribution in [0.25, 0.3) is 0 Å². The Kier molecular flexibility index (Phi) is 8.37. The summed E-state index contributed by atoms with van der Waals surface area (Å²) in [6, 6.07) is 4.81. The second-order valence-electron chi connectivity index (χ2n) is 8.23. The van der Waals surface area contributed by atoms with Gasteiger partial charge in [0.15, 0.2) is 6.61 Å². The summed E-state index contributed by atoms with van der Waals surface area (Å²) < 4.78 is 24.0. The van der Waals surface area contributed by atoms with E-state index in [1.165, 1.54) is 28.0 Å². The van der Waals surface area contributed by atoms with Crippen molar-refractivity contribution in [3.63, 3.8) is 0 Å². The fraction of sp³-hybridized carbons (Fsp3) is 0.565. The molecule has 0 aromatic heterocycles. The Balaban J connectivity index is 1.50. The Morgan fingerprint density at radius 3 is 2.42 bits per heavy atom. The monoisotopic (exact) mass is 464 g/mol. The minimum atomic E-state index is -1.04. The van der Waals surface area contributed by atoms with Crippen LogP contribution >= 0.6 is 0 Å². The van der Waals surface area contributed by atoms with Gasteiger partial charge >= 0.3 is 11.9 Å². The van der Waals surface area contributed by atoms with Gasteiger partial charge in [-0.1, -0.05) is 18.2 Å². The Morgan fingerprint density at radius 2 is 1.76 bits per heavy atom. The van der Waals surface area contributed by atoms with Gasteiger partial charge in [-0.25, -0.2) is 9.18 Å². The second-order valence-corrected chi connectivity index (χ2v) is 8.23. The first-order chi connectivity index (χ1) is 15.8. The number of benzene rings is 1. The lowest BCUT2D eigenvalue weighted by Gasteiger charge is -2.31. The number of hydrogen-bond acceptors (Lipinski definition) is 7. The first-order valence-corrected chi connectivity index (χ1v) is 11.1. The maximum atomic E-state index is 13.9. The van der Waals surface area contributed by atoms with Crippen LogP contribution in [0.1, 0.15) is 31.7 Å². The summed E-state index contributed by atoms with van der Waals surface area (Å²) in [6.07, 6.45) is -0.222. The molecule has 1 aromatic rings. The number of nitrogens with zero attached hydrogens (tertiary/aromatic N) is 2. The summed E-state index contributed by atoms with van der Waals surface area (Å²) in [5, 5.41) is 9.99. The number of aliphatic hydroxyl groups excluding tert-OH is 1. The van der Waals surface area contributed by atoms with E-state index in [1.807, 2.05) is 0 Å². The number of aliphatic hydroxyl groups is 1. The molecule has 0 bridgehead atoms. The number of amides is 2. The molecular weight excluding hydrogens is 435 g/mol. The van der Waals surface area contributed by atoms with Gasteiger partial charge in [-0.05, 0) is 31.4 Å². The van der Waals surface area contributed by atoms with E-state index in [9.17, 15) is 28.7 Å². The zero-order chi connectivity index (χ0) is 24.0. The number of rotatable bonds is 7. The number of piperidine rings is 1. The predicted molar refractivity (Wildman–Crippen MR) is 113 cm³/mol. The average Bonchev–Trinajstić information content (AvgIpc) is 3.21. The van der Waals surface area contributed by atoms with Gasteiger partial charge in [0.1, 0.15) is 11.9 Å². The zero-order valence-corrected chi connectivity index (χ0v) is 18.6. The summed E-state index contributed by atoms with van der Waals surface area (Å²) in [6.45, 7) is 2.20. The number of likely N-dealkylation sites (tertiary alicyclic amines) is 2. The van der Waals surface area contributed by atoms with Crippen LogP contribution in [0.5, 0.6) is 0 Å². The topological polar surface area (TPSA) is 113 Å². The van der Waals surface area contributed by atoms with Crippen molar-refractivity contribution in [2.24, 2.45) is 5.92 Å². The van der Waals surface area contributed by atoms with E-state index >= 15 is 0 Å². The lowest BCUT2D eigenvalue weighted by atomic mass is 9.97. The van der Waals surface area contributed by atoms with Crippen LogP contribution < -0.4 is 0 Å². The maximum absolute atomic E-state index is 13.9. The molecule has 2 unspecified atom stereocenters. The normalized spacial score (nSPS) is 21.1. The third kappa shape index (κ3) is 6.28. The number of ether oxygens (including phenoxy) is 2. The van der Waals surface area contributed by atoms with E-state index in [4.69, 9.17) is 9.47 Å². The van der Waals surface area contributed by atoms with E-state index in [-0.39, 0.29) is 36.8 Å². The molecule has 0 aliphatic carbocycles. The van der Waals surface area contributed by atoms with E-state index in [0.29, 0.717) is 32.5 Å². The molecule has 1 N–H and O–H groups in total. The van der Waals surface area contributed by atoms with Gasteiger partial charge in [0, 0.05) is 26.1 Å². The molecular formula is C23H29FN2O7. The number of carbonyl (C=O) groups excluding carboxylic acids is 4. The average molecular weight is 464 g/mol. The molecule has 9 nitrogen and oxygen atoms in total. The van der Waals surface area contributed by atoms with E-state index in [0.717, 1.165) is 0 Å². The summed E-state index contributed by atoms with van der Waals surface area (Å²) >= 11 is 0. The maximum Gasteiger partial charge on any atom is 0.329 e. The molecule has 2 fully saturated rings. The van der Waals surface area contributed by atoms with Gasteiger partial charge in [-0.15, -0.1) is 0 Å². The molecule has 0 radical (unpaired) electrons. The number of β-amino-alcohol motifs (C(OH)–C–C–N with tert-alkyl or cyclic N) is 1. The Morgan fingerprint density at radius 1 is 1.06 bits per heavy atom. The smallest absolute Gasteiger partial charge is 0.329 e. The Hall–Kier alpha value is -3.01. The largest absolute Gasteiger partial charge is 0.466 e. The van der Waals surface area contributed by atoms with Crippen molar-refractivity contribution in [2.75, 3.05) is 32.8 Å². The number of halogens is 1. The van der Waals surface area contributed by atoms with Crippen LogP contribution in [0, 0.1) is 11.7 Å². The summed E-state index contributed by atoms with van der Waals surface area (Å²) in [4.78, 5) is 52.2. The molecule has 2 amide bonds. The molecule has 3 rings (SSSR count). The highest BCUT2D eigenvalue weighted by atomic mass is 19.1. The standard InChI is InChI=1S/C23H29FN2O7/c1-2-32-22(30)15-7-9-25(10-8-15)21(29)14-33-23(31)19-12-17(27)13-26(19)20(28)11-16-5-3-4-6-18(16)24/h3-6,15,17,19,27H,2,7-14H2,1H3. The van der Waals surface area contributed by atoms with E-state index < -0.39 is 42.4 Å². The Labute approximate surface area is 191 Å². The third-order valence-corrected chi connectivity index (χ3v) is 5.98. The number of hydrogen-bond donors (Lipinski definition) is 1. The molecule has 2 heterocycles. The minimum Gasteiger partial charge on any atom is -0.466 e. The van der Waals surface area contributed by atoms with Crippen LogP contribution in [0.3, 0.4) is 0 Å². The molecule has 180 valence electrons. The summed E-state index contributed by atoms with van der Waals surface area (Å²) in [5.74, 6) is -2.73. The van der Waals surface area contributed by atoms with E-state index in [2.05, 4.69) is 0 Å². The summed E-state index contributed by atoms with van der Waals surface area (Å²) in [5.41, 5.74) is 0.192. The van der Waals surface area contributed by atoms with Gasteiger partial charge in [0.2, 0.25) is 5.91 Å². The van der Waals surface area contributed by atoms with Crippen molar-refractivity contribution < 1.29 is 38.1 Å². The van der Waals surface area contributed by atoms with Crippen molar-refractivity contribution in [3.8, 4) is 0 Å². The SMILES string of the molecule is CCOC(=O)C1CCN(C(=O)COC(=O)C2CC(O)CN2C(=O)Cc2ccccc2F)CC1. The van der Waals surface area contributed by atoms with Crippen molar-refractivity contribution in [1.82, 2.24) is 9.80 Å². The van der Waals surface area contributed by atoms with Crippen LogP contribution in [-0.4, -0.2) is 83.7 Å². The van der Waals surface area contributed by atoms with Crippen LogP contribution in [0.15, 0.2) is 24.3 Å². The van der Waals surface area contributed by atoms with Crippen molar-refractivity contribution in [1.29, 1.82) is 0 Å². The molecule has 1 aromatic carbocycles. The lowest BCUT2D eigenvalue weighted by molar-refractivity contribution is -0.159. The number of esters is 2. The molecule has 2 atom stereocenters. The molecule has 10 heteroatoms. The highest BCUT2D eigenvalue weighted by Crippen LogP contribution is 2.22. The highest BCUT2D eigenvalue weighted by molar-refractivity contribution is 5.88. The van der Waals surface area contributed by atoms with Crippen molar-refractivity contribution in [3.05, 3.63) is 35.6 Å². The predicted octanol–water partition coefficient (Wildman–Crippen LogP) is 0.675.